The molecule has 1 aromatic heterocycles. The summed E-state index contributed by atoms with van der Waals surface area (Å²) >= 11 is 3.50. The molecule has 106 valence electrons. The fraction of sp³-hybridized carbons (Fsp3) is 0.125. The Kier molecular flexibility index (Phi) is 3.75. The summed E-state index contributed by atoms with van der Waals surface area (Å²) in [7, 11) is 0. The third-order valence-corrected chi connectivity index (χ3v) is 4.13. The number of nitrogens with zero attached hydrogens (tertiary/aromatic N) is 1. The molecule has 1 atom stereocenters. The van der Waals surface area contributed by atoms with Crippen LogP contribution < -0.4 is 5.32 Å². The van der Waals surface area contributed by atoms with Gasteiger partial charge in [0.1, 0.15) is 0 Å². The van der Waals surface area contributed by atoms with E-state index >= 15 is 0 Å². The molecule has 0 aliphatic carbocycles. The number of hydrogen-bond acceptors (Lipinski definition) is 2. The second-order valence-corrected chi connectivity index (χ2v) is 5.69. The summed E-state index contributed by atoms with van der Waals surface area (Å²) in [6, 6.07) is 15.3. The Morgan fingerprint density at radius 2 is 1.90 bits per heavy atom. The Morgan fingerprint density at radius 3 is 2.71 bits per heavy atom. The van der Waals surface area contributed by atoms with Crippen molar-refractivity contribution < 1.29 is 4.79 Å². The van der Waals surface area contributed by atoms with Gasteiger partial charge in [-0.3, -0.25) is 9.89 Å². The van der Waals surface area contributed by atoms with Crippen LogP contribution in [-0.4, -0.2) is 16.1 Å². The van der Waals surface area contributed by atoms with Gasteiger partial charge in [-0.2, -0.15) is 5.10 Å². The zero-order valence-corrected chi connectivity index (χ0v) is 13.0. The maximum atomic E-state index is 12.4. The molecule has 0 radical (unpaired) electrons. The lowest BCUT2D eigenvalue weighted by Gasteiger charge is -2.15. The second-order valence-electron chi connectivity index (χ2n) is 4.83. The topological polar surface area (TPSA) is 57.8 Å². The monoisotopic (exact) mass is 343 g/mol. The Balaban J connectivity index is 1.85. The highest BCUT2D eigenvalue weighted by atomic mass is 79.9. The van der Waals surface area contributed by atoms with Gasteiger partial charge in [0.15, 0.2) is 5.69 Å². The summed E-state index contributed by atoms with van der Waals surface area (Å²) < 4.78 is 0.977. The minimum atomic E-state index is -0.185. The van der Waals surface area contributed by atoms with Crippen LogP contribution in [0, 0.1) is 0 Å². The molecule has 5 heteroatoms. The maximum absolute atomic E-state index is 12.4. The van der Waals surface area contributed by atoms with Gasteiger partial charge in [-0.1, -0.05) is 52.3 Å². The summed E-state index contributed by atoms with van der Waals surface area (Å²) in [5.74, 6) is -0.185. The summed E-state index contributed by atoms with van der Waals surface area (Å²) in [5.41, 5.74) is 2.31. The van der Waals surface area contributed by atoms with Gasteiger partial charge < -0.3 is 5.32 Å². The Bertz CT molecular complexity index is 797. The zero-order valence-electron chi connectivity index (χ0n) is 11.4. The normalized spacial score (nSPS) is 12.3. The molecular weight excluding hydrogens is 330 g/mol. The smallest absolute Gasteiger partial charge is 0.272 e. The van der Waals surface area contributed by atoms with E-state index in [2.05, 4.69) is 31.4 Å². The lowest BCUT2D eigenvalue weighted by Crippen LogP contribution is -2.27. The molecule has 0 saturated carbocycles. The van der Waals surface area contributed by atoms with Crippen LogP contribution in [0.4, 0.5) is 0 Å². The van der Waals surface area contributed by atoms with E-state index in [4.69, 9.17) is 0 Å². The molecule has 1 heterocycles. The quantitative estimate of drug-likeness (QED) is 0.759. The van der Waals surface area contributed by atoms with Crippen LogP contribution in [0.1, 0.15) is 29.0 Å². The molecule has 1 amide bonds. The average Bonchev–Trinajstić information content (AvgIpc) is 2.91. The molecule has 0 saturated heterocycles. The van der Waals surface area contributed by atoms with Crippen LogP contribution >= 0.6 is 15.9 Å². The average molecular weight is 344 g/mol. The van der Waals surface area contributed by atoms with Gasteiger partial charge in [0.2, 0.25) is 0 Å². The molecular formula is C16H14BrN3O. The first-order valence-corrected chi connectivity index (χ1v) is 7.44. The molecule has 2 N–H and O–H groups in total. The molecule has 0 bridgehead atoms. The number of aromatic nitrogens is 2. The number of benzene rings is 2. The van der Waals surface area contributed by atoms with Crippen molar-refractivity contribution in [2.75, 3.05) is 0 Å². The highest BCUT2D eigenvalue weighted by Crippen LogP contribution is 2.23. The Hall–Kier alpha value is -2.14. The van der Waals surface area contributed by atoms with Gasteiger partial charge in [-0.05, 0) is 24.6 Å². The first-order chi connectivity index (χ1) is 10.2. The van der Waals surface area contributed by atoms with Crippen molar-refractivity contribution in [3.8, 4) is 0 Å². The van der Waals surface area contributed by atoms with E-state index in [9.17, 15) is 4.79 Å². The van der Waals surface area contributed by atoms with E-state index in [1.54, 1.807) is 0 Å². The second kappa shape index (κ2) is 5.69. The fourth-order valence-electron chi connectivity index (χ4n) is 2.31. The SMILES string of the molecule is CC(NC(=O)c1n[nH]c2ccccc12)c1ccccc1Br. The summed E-state index contributed by atoms with van der Waals surface area (Å²) in [5, 5.41) is 10.8. The number of carbonyl (C=O) groups excluding carboxylic acids is 1. The largest absolute Gasteiger partial charge is 0.344 e. The van der Waals surface area contributed by atoms with Gasteiger partial charge in [0, 0.05) is 9.86 Å². The molecule has 0 aliphatic heterocycles. The van der Waals surface area contributed by atoms with Crippen LogP contribution in [0.5, 0.6) is 0 Å². The van der Waals surface area contributed by atoms with E-state index < -0.39 is 0 Å². The predicted octanol–water partition coefficient (Wildman–Crippen LogP) is 3.82. The Morgan fingerprint density at radius 1 is 1.19 bits per heavy atom. The van der Waals surface area contributed by atoms with Gasteiger partial charge in [-0.25, -0.2) is 0 Å². The summed E-state index contributed by atoms with van der Waals surface area (Å²) in [6.07, 6.45) is 0. The number of halogens is 1. The minimum Gasteiger partial charge on any atom is -0.344 e. The number of para-hydroxylation sites is 1. The molecule has 1 unspecified atom stereocenters. The van der Waals surface area contributed by atoms with Crippen molar-refractivity contribution in [1.29, 1.82) is 0 Å². The molecule has 2 aromatic carbocycles. The summed E-state index contributed by atoms with van der Waals surface area (Å²) in [4.78, 5) is 12.4. The number of amides is 1. The van der Waals surface area contributed by atoms with Gasteiger partial charge in [-0.15, -0.1) is 0 Å². The van der Waals surface area contributed by atoms with Gasteiger partial charge >= 0.3 is 0 Å². The van der Waals surface area contributed by atoms with Gasteiger partial charge in [0.05, 0.1) is 11.6 Å². The van der Waals surface area contributed by atoms with Crippen molar-refractivity contribution in [3.63, 3.8) is 0 Å². The Labute approximate surface area is 130 Å². The van der Waals surface area contributed by atoms with Gasteiger partial charge in [0.25, 0.3) is 5.91 Å². The highest BCUT2D eigenvalue weighted by molar-refractivity contribution is 9.10. The number of fused-ring (bicyclic) bond motifs is 1. The van der Waals surface area contributed by atoms with Crippen LogP contribution in [-0.2, 0) is 0 Å². The molecule has 0 spiro atoms. The van der Waals surface area contributed by atoms with Crippen LogP contribution in [0.25, 0.3) is 10.9 Å². The van der Waals surface area contributed by atoms with E-state index in [-0.39, 0.29) is 11.9 Å². The fourth-order valence-corrected chi connectivity index (χ4v) is 2.93. The number of rotatable bonds is 3. The minimum absolute atomic E-state index is 0.108. The third-order valence-electron chi connectivity index (χ3n) is 3.40. The first-order valence-electron chi connectivity index (χ1n) is 6.65. The molecule has 0 aliphatic rings. The molecule has 3 aromatic rings. The van der Waals surface area contributed by atoms with E-state index in [1.807, 2.05) is 55.5 Å². The molecule has 21 heavy (non-hydrogen) atoms. The van der Waals surface area contributed by atoms with E-state index in [1.165, 1.54) is 0 Å². The predicted molar refractivity (Wildman–Crippen MR) is 86.1 cm³/mol. The first kappa shape index (κ1) is 13.8. The van der Waals surface area contributed by atoms with Crippen molar-refractivity contribution in [3.05, 3.63) is 64.3 Å². The van der Waals surface area contributed by atoms with E-state index in [0.717, 1.165) is 20.9 Å². The summed E-state index contributed by atoms with van der Waals surface area (Å²) in [6.45, 7) is 1.95. The van der Waals surface area contributed by atoms with Crippen molar-refractivity contribution in [2.45, 2.75) is 13.0 Å². The molecule has 4 nitrogen and oxygen atoms in total. The van der Waals surface area contributed by atoms with Crippen LogP contribution in [0.2, 0.25) is 0 Å². The van der Waals surface area contributed by atoms with Crippen LogP contribution in [0.15, 0.2) is 53.0 Å². The lowest BCUT2D eigenvalue weighted by molar-refractivity contribution is 0.0936. The van der Waals surface area contributed by atoms with Crippen molar-refractivity contribution in [1.82, 2.24) is 15.5 Å². The third kappa shape index (κ3) is 2.69. The van der Waals surface area contributed by atoms with Crippen molar-refractivity contribution >= 4 is 32.7 Å². The number of aromatic amines is 1. The molecule has 3 rings (SSSR count). The lowest BCUT2D eigenvalue weighted by atomic mass is 10.1. The van der Waals surface area contributed by atoms with Crippen molar-refractivity contribution in [2.24, 2.45) is 0 Å². The highest BCUT2D eigenvalue weighted by Gasteiger charge is 2.17. The molecule has 0 fully saturated rings. The number of nitrogens with one attached hydrogen (secondary N) is 2. The zero-order chi connectivity index (χ0) is 14.8. The maximum Gasteiger partial charge on any atom is 0.272 e. The standard InChI is InChI=1S/C16H14BrN3O/c1-10(11-6-2-4-8-13(11)17)18-16(21)15-12-7-3-5-9-14(12)19-20-15/h2-10H,1H3,(H,18,21)(H,19,20). The van der Waals surface area contributed by atoms with Crippen LogP contribution in [0.3, 0.4) is 0 Å². The number of carbonyl (C=O) groups is 1. The number of hydrogen-bond donors (Lipinski definition) is 2. The number of H-pyrrole nitrogens is 1. The van der Waals surface area contributed by atoms with E-state index in [0.29, 0.717) is 5.69 Å².